The van der Waals surface area contributed by atoms with Crippen molar-refractivity contribution in [3.63, 3.8) is 0 Å². The van der Waals surface area contributed by atoms with Crippen molar-refractivity contribution >= 4 is 44.2 Å². The van der Waals surface area contributed by atoms with Crippen molar-refractivity contribution in [1.82, 2.24) is 19.0 Å². The number of piperazine rings is 1. The molecule has 1 saturated heterocycles. The summed E-state index contributed by atoms with van der Waals surface area (Å²) in [4.78, 5) is 58.5. The highest BCUT2D eigenvalue weighted by Gasteiger charge is 2.32. The second kappa shape index (κ2) is 21.7. The second-order valence-corrected chi connectivity index (χ2v) is 16.3. The number of benzene rings is 2. The molecular weight excluding hydrogens is 823 g/mol. The number of unbranched alkanes of at least 4 members (excludes halogenated alkanes) is 1. The number of fused-ring (bicyclic) bond motifs is 1. The summed E-state index contributed by atoms with van der Waals surface area (Å²) in [6, 6.07) is 8.16. The maximum atomic E-state index is 16.4. The van der Waals surface area contributed by atoms with Gasteiger partial charge in [0.2, 0.25) is 5.43 Å². The molecule has 2 aromatic heterocycles. The maximum absolute atomic E-state index is 16.4. The summed E-state index contributed by atoms with van der Waals surface area (Å²) in [7, 11) is -3.67. The molecule has 0 unspecified atom stereocenters. The number of pyridine rings is 1. The van der Waals surface area contributed by atoms with E-state index in [9.17, 15) is 27.6 Å². The number of aliphatic hydroxyl groups excluding tert-OH is 1. The third kappa shape index (κ3) is 13.3. The van der Waals surface area contributed by atoms with Gasteiger partial charge in [-0.3, -0.25) is 28.6 Å². The summed E-state index contributed by atoms with van der Waals surface area (Å²) in [5.41, 5.74) is 0.912. The highest BCUT2D eigenvalue weighted by atomic mass is 32.2. The third-order valence-electron chi connectivity index (χ3n) is 10.2. The molecule has 2 fully saturated rings. The van der Waals surface area contributed by atoms with E-state index in [2.05, 4.69) is 22.1 Å². The van der Waals surface area contributed by atoms with Gasteiger partial charge in [0.1, 0.15) is 29.5 Å². The van der Waals surface area contributed by atoms with Gasteiger partial charge in [0.25, 0.3) is 15.7 Å². The Morgan fingerprint density at radius 1 is 0.951 bits per heavy atom. The second-order valence-electron chi connectivity index (χ2n) is 14.9. The Morgan fingerprint density at radius 3 is 2.25 bits per heavy atom. The van der Waals surface area contributed by atoms with Crippen LogP contribution in [0.4, 0.5) is 26.0 Å². The number of nitrogens with one attached hydrogen (secondary N) is 2. The standard InChI is InChI=1S/C40H50F2N6O8.CH4O3S/c1-3-27-22-28(7-6-26(27)2)43-33-24-34(50)47(40(53)44-33)11-5-4-10-45-12-14-46(15-13-45)37-32(41)23-30-36(35(37)42)48(29-8-9-29)25-31(38(30)51)39(52)56-21-20-55-19-18-54-17-16-49;1-5(2,3)4/h6-7,22-25,29,43,49H,3-5,8-21H2,1-2H3,(H,44,53);1H3,(H,2,3,4). The molecule has 2 aliphatic rings. The van der Waals surface area contributed by atoms with Crippen LogP contribution in [-0.4, -0.2) is 122 Å². The molecule has 4 N–H and O–H groups in total. The van der Waals surface area contributed by atoms with E-state index in [4.69, 9.17) is 23.9 Å². The summed E-state index contributed by atoms with van der Waals surface area (Å²) in [6.45, 7) is 7.33. The van der Waals surface area contributed by atoms with Gasteiger partial charge >= 0.3 is 11.7 Å². The fourth-order valence-electron chi connectivity index (χ4n) is 7.05. The van der Waals surface area contributed by atoms with Crippen molar-refractivity contribution in [2.45, 2.75) is 58.5 Å². The zero-order valence-corrected chi connectivity index (χ0v) is 35.4. The molecule has 0 amide bonds. The van der Waals surface area contributed by atoms with Gasteiger partial charge in [0, 0.05) is 56.7 Å². The van der Waals surface area contributed by atoms with E-state index in [1.807, 2.05) is 25.1 Å². The van der Waals surface area contributed by atoms with E-state index in [-0.39, 0.29) is 74.4 Å². The number of esters is 1. The number of hydrogen-bond acceptors (Lipinski definition) is 13. The van der Waals surface area contributed by atoms with Gasteiger partial charge in [-0.05, 0) is 74.9 Å². The predicted octanol–water partition coefficient (Wildman–Crippen LogP) is 3.37. The van der Waals surface area contributed by atoms with E-state index in [1.54, 1.807) is 9.47 Å². The molecule has 334 valence electrons. The van der Waals surface area contributed by atoms with Crippen LogP contribution < -0.4 is 26.9 Å². The summed E-state index contributed by atoms with van der Waals surface area (Å²) in [5, 5.41) is 11.6. The van der Waals surface area contributed by atoms with Gasteiger partial charge in [-0.2, -0.15) is 8.42 Å². The fraction of sp³-hybridized carbons (Fsp3) is 0.512. The molecule has 1 aliphatic heterocycles. The minimum atomic E-state index is -3.67. The van der Waals surface area contributed by atoms with Crippen LogP contribution in [0.3, 0.4) is 0 Å². The molecule has 4 aromatic rings. The zero-order chi connectivity index (χ0) is 44.3. The van der Waals surface area contributed by atoms with Crippen molar-refractivity contribution in [2.75, 3.05) is 88.8 Å². The van der Waals surface area contributed by atoms with Gasteiger partial charge in [0.15, 0.2) is 5.82 Å². The molecule has 1 saturated carbocycles. The minimum Gasteiger partial charge on any atom is -0.459 e. The van der Waals surface area contributed by atoms with Crippen LogP contribution in [-0.2, 0) is 37.3 Å². The van der Waals surface area contributed by atoms with E-state index in [0.717, 1.165) is 31.0 Å². The van der Waals surface area contributed by atoms with Gasteiger partial charge in [-0.1, -0.05) is 13.0 Å². The van der Waals surface area contributed by atoms with Crippen LogP contribution in [0.5, 0.6) is 0 Å². The van der Waals surface area contributed by atoms with Gasteiger partial charge in [-0.25, -0.2) is 18.4 Å². The number of rotatable bonds is 19. The fourth-order valence-corrected chi connectivity index (χ4v) is 7.05. The first-order valence-electron chi connectivity index (χ1n) is 20.2. The minimum absolute atomic E-state index is 0.0334. The molecule has 3 heterocycles. The molecule has 17 nitrogen and oxygen atoms in total. The maximum Gasteiger partial charge on any atom is 0.343 e. The van der Waals surface area contributed by atoms with E-state index >= 15 is 8.78 Å². The molecule has 1 aliphatic carbocycles. The first-order chi connectivity index (χ1) is 29.1. The summed E-state index contributed by atoms with van der Waals surface area (Å²) in [5.74, 6) is -2.29. The van der Waals surface area contributed by atoms with Crippen LogP contribution in [0.1, 0.15) is 60.1 Å². The smallest absolute Gasteiger partial charge is 0.343 e. The highest BCUT2D eigenvalue weighted by Crippen LogP contribution is 2.40. The van der Waals surface area contributed by atoms with Gasteiger partial charge < -0.3 is 34.1 Å². The molecule has 6 rings (SSSR count). The first kappa shape index (κ1) is 47.1. The Bertz CT molecular complexity index is 2410. The number of carbonyl (C=O) groups excluding carboxylic acids is 1. The third-order valence-corrected chi connectivity index (χ3v) is 10.2. The Labute approximate surface area is 351 Å². The number of halogens is 2. The lowest BCUT2D eigenvalue weighted by Gasteiger charge is -2.36. The van der Waals surface area contributed by atoms with Gasteiger partial charge in [0.05, 0.1) is 50.2 Å². The lowest BCUT2D eigenvalue weighted by atomic mass is 10.1. The molecular formula is C41H54F2N6O11S. The topological polar surface area (TPSA) is 215 Å². The van der Waals surface area contributed by atoms with Crippen LogP contribution in [0.25, 0.3) is 10.9 Å². The Kier molecular flexibility index (Phi) is 16.7. The number of aliphatic hydroxyl groups is 1. The predicted molar refractivity (Wildman–Crippen MR) is 226 cm³/mol. The monoisotopic (exact) mass is 876 g/mol. The lowest BCUT2D eigenvalue weighted by molar-refractivity contribution is 0.00911. The van der Waals surface area contributed by atoms with Crippen molar-refractivity contribution in [3.8, 4) is 0 Å². The molecule has 20 heteroatoms. The van der Waals surface area contributed by atoms with E-state index < -0.39 is 44.4 Å². The molecule has 0 bridgehead atoms. The van der Waals surface area contributed by atoms with Crippen molar-refractivity contribution < 1.29 is 45.9 Å². The Hall–Kier alpha value is -4.99. The van der Waals surface area contributed by atoms with Crippen LogP contribution in [0.2, 0.25) is 0 Å². The molecule has 0 radical (unpaired) electrons. The zero-order valence-electron chi connectivity index (χ0n) is 34.6. The van der Waals surface area contributed by atoms with Crippen LogP contribution >= 0.6 is 0 Å². The van der Waals surface area contributed by atoms with Crippen molar-refractivity contribution in [1.29, 1.82) is 0 Å². The SMILES string of the molecule is CCc1cc(Nc2cc(=O)n(CCCCN3CCN(c4c(F)cc5c(=O)c(C(=O)OCCOCCOCCO)cn(C6CC6)c5c4F)CC3)c(=O)[nH]2)ccc1C.CS(=O)(=O)O. The van der Waals surface area contributed by atoms with E-state index in [0.29, 0.717) is 57.6 Å². The quantitative estimate of drug-likeness (QED) is 0.0605. The number of aryl methyl sites for hydroxylation is 2. The average Bonchev–Trinajstić information content (AvgIpc) is 4.05. The van der Waals surface area contributed by atoms with Crippen molar-refractivity contribution in [2.24, 2.45) is 0 Å². The highest BCUT2D eigenvalue weighted by molar-refractivity contribution is 7.85. The van der Waals surface area contributed by atoms with Crippen LogP contribution in [0.15, 0.2) is 50.9 Å². The number of H-pyrrole nitrogens is 1. The van der Waals surface area contributed by atoms with E-state index in [1.165, 1.54) is 28.0 Å². The van der Waals surface area contributed by atoms with Gasteiger partial charge in [-0.15, -0.1) is 0 Å². The Balaban J connectivity index is 0.00000133. The molecule has 61 heavy (non-hydrogen) atoms. The normalized spacial score (nSPS) is 14.5. The number of aromatic nitrogens is 3. The molecule has 0 atom stereocenters. The number of ether oxygens (including phenoxy) is 3. The number of nitrogens with zero attached hydrogens (tertiary/aromatic N) is 4. The molecule has 0 spiro atoms. The number of hydrogen-bond donors (Lipinski definition) is 4. The first-order valence-corrected chi connectivity index (χ1v) is 22.0. The number of anilines is 3. The molecule has 2 aromatic carbocycles. The summed E-state index contributed by atoms with van der Waals surface area (Å²) >= 11 is 0. The summed E-state index contributed by atoms with van der Waals surface area (Å²) in [6.07, 6.45) is 5.65. The number of aromatic amines is 1. The lowest BCUT2D eigenvalue weighted by Crippen LogP contribution is -2.47. The number of carbonyl (C=O) groups is 1. The largest absolute Gasteiger partial charge is 0.459 e. The van der Waals surface area contributed by atoms with Crippen molar-refractivity contribution in [3.05, 3.63) is 95.9 Å². The Morgan fingerprint density at radius 2 is 1.61 bits per heavy atom. The summed E-state index contributed by atoms with van der Waals surface area (Å²) < 4.78 is 76.3. The average molecular weight is 877 g/mol. The van der Waals surface area contributed by atoms with Crippen LogP contribution in [0, 0.1) is 18.6 Å².